The van der Waals surface area contributed by atoms with Gasteiger partial charge in [0, 0.05) is 18.2 Å². The third kappa shape index (κ3) is 3.62. The highest BCUT2D eigenvalue weighted by Crippen LogP contribution is 2.22. The number of hydrogen-bond acceptors (Lipinski definition) is 4. The zero-order chi connectivity index (χ0) is 13.7. The molecule has 1 aromatic carbocycles. The van der Waals surface area contributed by atoms with Gasteiger partial charge in [-0.15, -0.1) is 0 Å². The zero-order valence-electron chi connectivity index (χ0n) is 10.7. The SMILES string of the molecule is CCNC(Cc1ccc([N+](=O)[O-])cc1)c1ccsc1. The van der Waals surface area contributed by atoms with E-state index in [9.17, 15) is 10.1 Å². The van der Waals surface area contributed by atoms with Crippen LogP contribution < -0.4 is 5.32 Å². The summed E-state index contributed by atoms with van der Waals surface area (Å²) in [6.07, 6.45) is 0.836. The molecule has 19 heavy (non-hydrogen) atoms. The first-order chi connectivity index (χ1) is 9.20. The van der Waals surface area contributed by atoms with Crippen molar-refractivity contribution < 1.29 is 4.92 Å². The van der Waals surface area contributed by atoms with E-state index in [2.05, 4.69) is 29.1 Å². The number of nitro benzene ring substituents is 1. The summed E-state index contributed by atoms with van der Waals surface area (Å²) >= 11 is 1.68. The summed E-state index contributed by atoms with van der Waals surface area (Å²) in [5, 5.41) is 18.3. The summed E-state index contributed by atoms with van der Waals surface area (Å²) in [5.74, 6) is 0. The molecule has 0 spiro atoms. The molecule has 100 valence electrons. The molecule has 1 atom stereocenters. The Morgan fingerprint density at radius 3 is 2.58 bits per heavy atom. The summed E-state index contributed by atoms with van der Waals surface area (Å²) in [5.41, 5.74) is 2.51. The Morgan fingerprint density at radius 1 is 1.32 bits per heavy atom. The van der Waals surface area contributed by atoms with E-state index in [4.69, 9.17) is 0 Å². The first-order valence-corrected chi connectivity index (χ1v) is 7.13. The lowest BCUT2D eigenvalue weighted by Gasteiger charge is -2.16. The van der Waals surface area contributed by atoms with E-state index in [0.717, 1.165) is 18.5 Å². The first kappa shape index (κ1) is 13.7. The van der Waals surface area contributed by atoms with Crippen molar-refractivity contribution in [2.75, 3.05) is 6.54 Å². The lowest BCUT2D eigenvalue weighted by atomic mass is 10.0. The second-order valence-corrected chi connectivity index (χ2v) is 5.07. The van der Waals surface area contributed by atoms with Gasteiger partial charge in [0.2, 0.25) is 0 Å². The molecular weight excluding hydrogens is 260 g/mol. The lowest BCUT2D eigenvalue weighted by Crippen LogP contribution is -2.22. The molecule has 0 aliphatic carbocycles. The van der Waals surface area contributed by atoms with E-state index in [-0.39, 0.29) is 16.7 Å². The molecule has 1 N–H and O–H groups in total. The molecule has 1 unspecified atom stereocenters. The molecule has 0 bridgehead atoms. The highest BCUT2D eigenvalue weighted by atomic mass is 32.1. The highest BCUT2D eigenvalue weighted by Gasteiger charge is 2.12. The van der Waals surface area contributed by atoms with Gasteiger partial charge in [-0.25, -0.2) is 0 Å². The van der Waals surface area contributed by atoms with E-state index < -0.39 is 0 Å². The predicted octanol–water partition coefficient (Wildman–Crippen LogP) is 3.55. The maximum Gasteiger partial charge on any atom is 0.269 e. The number of benzene rings is 1. The van der Waals surface area contributed by atoms with E-state index in [0.29, 0.717) is 0 Å². The molecule has 2 rings (SSSR count). The van der Waals surface area contributed by atoms with Crippen molar-refractivity contribution in [1.82, 2.24) is 5.32 Å². The molecule has 2 aromatic rings. The molecule has 1 aromatic heterocycles. The molecule has 0 amide bonds. The third-order valence-electron chi connectivity index (χ3n) is 2.98. The monoisotopic (exact) mass is 276 g/mol. The van der Waals surface area contributed by atoms with Gasteiger partial charge in [-0.1, -0.05) is 19.1 Å². The minimum Gasteiger partial charge on any atom is -0.310 e. The fourth-order valence-corrected chi connectivity index (χ4v) is 2.73. The van der Waals surface area contributed by atoms with Crippen LogP contribution in [-0.2, 0) is 6.42 Å². The summed E-state index contributed by atoms with van der Waals surface area (Å²) in [7, 11) is 0. The van der Waals surface area contributed by atoms with Crippen LogP contribution in [0.3, 0.4) is 0 Å². The average molecular weight is 276 g/mol. The topological polar surface area (TPSA) is 55.2 Å². The highest BCUT2D eigenvalue weighted by molar-refractivity contribution is 7.07. The van der Waals surface area contributed by atoms with Crippen molar-refractivity contribution in [3.8, 4) is 0 Å². The van der Waals surface area contributed by atoms with Crippen molar-refractivity contribution >= 4 is 17.0 Å². The maximum atomic E-state index is 10.6. The Balaban J connectivity index is 2.11. The van der Waals surface area contributed by atoms with Crippen molar-refractivity contribution in [1.29, 1.82) is 0 Å². The predicted molar refractivity (Wildman–Crippen MR) is 77.5 cm³/mol. The van der Waals surface area contributed by atoms with Gasteiger partial charge in [0.1, 0.15) is 0 Å². The van der Waals surface area contributed by atoms with Crippen LogP contribution in [0.4, 0.5) is 5.69 Å². The molecule has 0 fully saturated rings. The molecule has 4 nitrogen and oxygen atoms in total. The molecule has 0 saturated carbocycles. The molecule has 1 heterocycles. The van der Waals surface area contributed by atoms with E-state index in [1.807, 2.05) is 12.1 Å². The van der Waals surface area contributed by atoms with Gasteiger partial charge in [0.15, 0.2) is 0 Å². The number of nitrogens with zero attached hydrogens (tertiary/aromatic N) is 1. The van der Waals surface area contributed by atoms with Crippen LogP contribution in [0.1, 0.15) is 24.1 Å². The van der Waals surface area contributed by atoms with E-state index >= 15 is 0 Å². The second kappa shape index (κ2) is 6.45. The van der Waals surface area contributed by atoms with Crippen LogP contribution >= 0.6 is 11.3 Å². The number of thiophene rings is 1. The number of rotatable bonds is 6. The number of non-ortho nitro benzene ring substituents is 1. The molecule has 0 aliphatic heterocycles. The minimum atomic E-state index is -0.371. The Hall–Kier alpha value is -1.72. The van der Waals surface area contributed by atoms with E-state index in [1.165, 1.54) is 5.56 Å². The summed E-state index contributed by atoms with van der Waals surface area (Å²) in [4.78, 5) is 10.2. The van der Waals surface area contributed by atoms with Gasteiger partial charge in [0.05, 0.1) is 4.92 Å². The number of nitrogens with one attached hydrogen (secondary N) is 1. The normalized spacial score (nSPS) is 12.3. The van der Waals surface area contributed by atoms with Crippen molar-refractivity contribution in [3.63, 3.8) is 0 Å². The molecule has 0 aliphatic rings. The quantitative estimate of drug-likeness (QED) is 0.648. The smallest absolute Gasteiger partial charge is 0.269 e. The first-order valence-electron chi connectivity index (χ1n) is 6.19. The molecule has 5 heteroatoms. The average Bonchev–Trinajstić information content (AvgIpc) is 2.92. The van der Waals surface area contributed by atoms with Crippen LogP contribution in [-0.4, -0.2) is 11.5 Å². The second-order valence-electron chi connectivity index (χ2n) is 4.29. The largest absolute Gasteiger partial charge is 0.310 e. The van der Waals surface area contributed by atoms with Crippen molar-refractivity contribution in [2.45, 2.75) is 19.4 Å². The van der Waals surface area contributed by atoms with Gasteiger partial charge in [-0.05, 0) is 40.9 Å². The number of hydrogen-bond donors (Lipinski definition) is 1. The Kier molecular flexibility index (Phi) is 4.65. The maximum absolute atomic E-state index is 10.6. The zero-order valence-corrected chi connectivity index (χ0v) is 11.5. The Bertz CT molecular complexity index is 523. The lowest BCUT2D eigenvalue weighted by molar-refractivity contribution is -0.384. The van der Waals surface area contributed by atoms with E-state index in [1.54, 1.807) is 23.5 Å². The fraction of sp³-hybridized carbons (Fsp3) is 0.286. The van der Waals surface area contributed by atoms with Gasteiger partial charge < -0.3 is 5.32 Å². The van der Waals surface area contributed by atoms with Crippen molar-refractivity contribution in [2.24, 2.45) is 0 Å². The standard InChI is InChI=1S/C14H16N2O2S/c1-2-15-14(12-7-8-19-10-12)9-11-3-5-13(6-4-11)16(17)18/h3-8,10,14-15H,2,9H2,1H3. The summed E-state index contributed by atoms with van der Waals surface area (Å²) in [6.45, 7) is 2.97. The minimum absolute atomic E-state index is 0.138. The van der Waals surface area contributed by atoms with Crippen molar-refractivity contribution in [3.05, 3.63) is 62.3 Å². The molecular formula is C14H16N2O2S. The number of likely N-dealkylation sites (N-methyl/N-ethyl adjacent to an activating group) is 1. The Morgan fingerprint density at radius 2 is 2.05 bits per heavy atom. The van der Waals surface area contributed by atoms with Crippen LogP contribution in [0, 0.1) is 10.1 Å². The summed E-state index contributed by atoms with van der Waals surface area (Å²) < 4.78 is 0. The van der Waals surface area contributed by atoms with Gasteiger partial charge in [-0.3, -0.25) is 10.1 Å². The Labute approximate surface area is 116 Å². The van der Waals surface area contributed by atoms with Gasteiger partial charge in [0.25, 0.3) is 5.69 Å². The van der Waals surface area contributed by atoms with Crippen LogP contribution in [0.5, 0.6) is 0 Å². The van der Waals surface area contributed by atoms with Crippen LogP contribution in [0.25, 0.3) is 0 Å². The number of nitro groups is 1. The summed E-state index contributed by atoms with van der Waals surface area (Å²) in [6, 6.07) is 9.16. The third-order valence-corrected chi connectivity index (χ3v) is 3.68. The fourth-order valence-electron chi connectivity index (χ4n) is 2.02. The van der Waals surface area contributed by atoms with Crippen LogP contribution in [0.15, 0.2) is 41.1 Å². The van der Waals surface area contributed by atoms with Gasteiger partial charge in [-0.2, -0.15) is 11.3 Å². The molecule has 0 radical (unpaired) electrons. The van der Waals surface area contributed by atoms with Gasteiger partial charge >= 0.3 is 0 Å². The molecule has 0 saturated heterocycles. The van der Waals surface area contributed by atoms with Crippen LogP contribution in [0.2, 0.25) is 0 Å².